The van der Waals surface area contributed by atoms with Crippen LogP contribution in [0.3, 0.4) is 0 Å². The Balaban J connectivity index is 1.35. The molecule has 0 unspecified atom stereocenters. The zero-order valence-corrected chi connectivity index (χ0v) is 24.2. The fraction of sp³-hybridized carbons (Fsp3) is 0.0769. The molecule has 0 aliphatic heterocycles. The van der Waals surface area contributed by atoms with Gasteiger partial charge in [-0.2, -0.15) is 0 Å². The molecule has 8 rings (SSSR count). The molecule has 7 aromatic rings. The monoisotopic (exact) mass is 555 g/mol. The van der Waals surface area contributed by atoms with Crippen molar-refractivity contribution in [3.05, 3.63) is 145 Å². The van der Waals surface area contributed by atoms with Gasteiger partial charge in [-0.15, -0.1) is 0 Å². The first-order valence-electron chi connectivity index (χ1n) is 14.8. The lowest BCUT2D eigenvalue weighted by Crippen LogP contribution is -2.16. The molecule has 1 N–H and O–H groups in total. The Hall–Kier alpha value is -5.06. The Labute approximate surface area is 251 Å². The van der Waals surface area contributed by atoms with Crippen LogP contribution in [0.25, 0.3) is 44.2 Å². The van der Waals surface area contributed by atoms with Crippen molar-refractivity contribution in [1.82, 2.24) is 0 Å². The fourth-order valence-electron chi connectivity index (χ4n) is 6.86. The highest BCUT2D eigenvalue weighted by atomic mass is 16.3. The average Bonchev–Trinajstić information content (AvgIpc) is 3.55. The van der Waals surface area contributed by atoms with Gasteiger partial charge in [-0.25, -0.2) is 0 Å². The molecule has 1 heterocycles. The molecule has 43 heavy (non-hydrogen) atoms. The van der Waals surface area contributed by atoms with Gasteiger partial charge < -0.3 is 14.3 Å². The number of benzene rings is 6. The molecule has 0 amide bonds. The molecule has 1 aliphatic carbocycles. The first kappa shape index (κ1) is 25.6. The molecular weight excluding hydrogens is 525 g/mol. The smallest absolute Gasteiger partial charge is 0.308 e. The second-order valence-corrected chi connectivity index (χ2v) is 11.9. The average molecular weight is 555 g/mol. The third-order valence-electron chi connectivity index (χ3n) is 9.05. The van der Waals surface area contributed by atoms with E-state index in [4.69, 9.17) is 4.42 Å². The minimum Gasteiger partial charge on any atom is -0.454 e. The first-order valence-corrected chi connectivity index (χ1v) is 14.8. The van der Waals surface area contributed by atoms with E-state index in [1.165, 1.54) is 33.4 Å². The van der Waals surface area contributed by atoms with Crippen LogP contribution >= 0.6 is 0 Å². The summed E-state index contributed by atoms with van der Waals surface area (Å²) >= 11 is 0. The summed E-state index contributed by atoms with van der Waals surface area (Å²) in [5.41, 5.74) is 12.9. The van der Waals surface area contributed by atoms with Crippen LogP contribution in [0.4, 0.5) is 17.1 Å². The normalized spacial score (nSPS) is 13.2. The molecule has 0 spiro atoms. The lowest BCUT2D eigenvalue weighted by Gasteiger charge is -2.28. The quantitative estimate of drug-likeness (QED) is 0.215. The SMILES string of the molecule is CC1(C)c2ccccc2-c2ccc(N(c3ccc(-c4ccccc4)cc3)c3cccc4c3oc3c(BO)cccc34)cc21. The highest BCUT2D eigenvalue weighted by molar-refractivity contribution is 6.50. The van der Waals surface area contributed by atoms with Gasteiger partial charge in [-0.1, -0.05) is 117 Å². The Morgan fingerprint density at radius 3 is 2.02 bits per heavy atom. The van der Waals surface area contributed by atoms with E-state index in [2.05, 4.69) is 134 Å². The van der Waals surface area contributed by atoms with E-state index in [1.54, 1.807) is 0 Å². The van der Waals surface area contributed by atoms with Gasteiger partial charge in [0, 0.05) is 27.6 Å². The van der Waals surface area contributed by atoms with Gasteiger partial charge in [-0.3, -0.25) is 0 Å². The second-order valence-electron chi connectivity index (χ2n) is 11.9. The van der Waals surface area contributed by atoms with Crippen LogP contribution in [0, 0.1) is 0 Å². The maximum Gasteiger partial charge on any atom is 0.308 e. The minimum absolute atomic E-state index is 0.0718. The molecule has 206 valence electrons. The number of furan rings is 1. The minimum atomic E-state index is -0.119. The van der Waals surface area contributed by atoms with Crippen LogP contribution in [0.2, 0.25) is 0 Å². The van der Waals surface area contributed by atoms with Gasteiger partial charge >= 0.3 is 7.48 Å². The van der Waals surface area contributed by atoms with Gasteiger partial charge in [0.2, 0.25) is 0 Å². The Bertz CT molecular complexity index is 2150. The zero-order valence-electron chi connectivity index (χ0n) is 24.2. The summed E-state index contributed by atoms with van der Waals surface area (Å²) in [4.78, 5) is 2.30. The van der Waals surface area contributed by atoms with E-state index in [-0.39, 0.29) is 12.9 Å². The molecule has 0 bridgehead atoms. The van der Waals surface area contributed by atoms with Gasteiger partial charge in [-0.05, 0) is 69.2 Å². The molecule has 4 heteroatoms. The van der Waals surface area contributed by atoms with Gasteiger partial charge in [0.05, 0.1) is 5.69 Å². The van der Waals surface area contributed by atoms with Crippen LogP contribution in [0.1, 0.15) is 25.0 Å². The summed E-state index contributed by atoms with van der Waals surface area (Å²) in [7, 11) is -0.0718. The molecule has 6 aromatic carbocycles. The lowest BCUT2D eigenvalue weighted by atomic mass is 9.82. The summed E-state index contributed by atoms with van der Waals surface area (Å²) in [5.74, 6) is 0. The largest absolute Gasteiger partial charge is 0.454 e. The Morgan fingerprint density at radius 2 is 1.23 bits per heavy atom. The maximum atomic E-state index is 10.1. The van der Waals surface area contributed by atoms with E-state index in [1.807, 2.05) is 18.2 Å². The van der Waals surface area contributed by atoms with E-state index >= 15 is 0 Å². The molecule has 0 atom stereocenters. The zero-order chi connectivity index (χ0) is 29.1. The van der Waals surface area contributed by atoms with Crippen molar-refractivity contribution >= 4 is 51.9 Å². The predicted octanol–water partition coefficient (Wildman–Crippen LogP) is 9.00. The van der Waals surface area contributed by atoms with E-state index in [9.17, 15) is 5.02 Å². The third-order valence-corrected chi connectivity index (χ3v) is 9.05. The highest BCUT2D eigenvalue weighted by Crippen LogP contribution is 2.51. The van der Waals surface area contributed by atoms with Crippen molar-refractivity contribution < 1.29 is 9.44 Å². The number of nitrogens with zero attached hydrogens (tertiary/aromatic N) is 1. The molecule has 0 radical (unpaired) electrons. The van der Waals surface area contributed by atoms with E-state index < -0.39 is 0 Å². The van der Waals surface area contributed by atoms with Crippen molar-refractivity contribution in [2.75, 3.05) is 4.90 Å². The van der Waals surface area contributed by atoms with Gasteiger partial charge in [0.15, 0.2) is 5.58 Å². The maximum absolute atomic E-state index is 10.1. The van der Waals surface area contributed by atoms with Crippen molar-refractivity contribution in [2.45, 2.75) is 19.3 Å². The number of hydrogen-bond donors (Lipinski definition) is 1. The first-order chi connectivity index (χ1) is 21.0. The Morgan fingerprint density at radius 1 is 0.581 bits per heavy atom. The number of para-hydroxylation sites is 2. The second kappa shape index (κ2) is 9.76. The van der Waals surface area contributed by atoms with Crippen molar-refractivity contribution in [2.24, 2.45) is 0 Å². The number of rotatable bonds is 5. The fourth-order valence-corrected chi connectivity index (χ4v) is 6.86. The van der Waals surface area contributed by atoms with E-state index in [0.717, 1.165) is 44.5 Å². The van der Waals surface area contributed by atoms with E-state index in [0.29, 0.717) is 0 Å². The van der Waals surface area contributed by atoms with Crippen LogP contribution in [-0.4, -0.2) is 12.5 Å². The summed E-state index contributed by atoms with van der Waals surface area (Å²) < 4.78 is 6.61. The van der Waals surface area contributed by atoms with Crippen molar-refractivity contribution in [3.63, 3.8) is 0 Å². The van der Waals surface area contributed by atoms with Crippen molar-refractivity contribution in [3.8, 4) is 22.3 Å². The van der Waals surface area contributed by atoms with Crippen LogP contribution in [0.15, 0.2) is 138 Å². The molecule has 0 saturated heterocycles. The summed E-state index contributed by atoms with van der Waals surface area (Å²) in [6.07, 6.45) is 0. The summed E-state index contributed by atoms with van der Waals surface area (Å²) in [6, 6.07) is 47.1. The summed E-state index contributed by atoms with van der Waals surface area (Å²) in [5, 5.41) is 12.1. The van der Waals surface area contributed by atoms with Crippen molar-refractivity contribution in [1.29, 1.82) is 0 Å². The number of hydrogen-bond acceptors (Lipinski definition) is 3. The molecule has 1 aromatic heterocycles. The summed E-state index contributed by atoms with van der Waals surface area (Å²) in [6.45, 7) is 4.63. The van der Waals surface area contributed by atoms with Gasteiger partial charge in [0.1, 0.15) is 5.58 Å². The van der Waals surface area contributed by atoms with Gasteiger partial charge in [0.25, 0.3) is 0 Å². The van der Waals surface area contributed by atoms with Crippen LogP contribution in [-0.2, 0) is 5.41 Å². The predicted molar refractivity (Wildman–Crippen MR) is 180 cm³/mol. The lowest BCUT2D eigenvalue weighted by molar-refractivity contribution is 0.613. The van der Waals surface area contributed by atoms with Crippen LogP contribution in [0.5, 0.6) is 0 Å². The molecule has 3 nitrogen and oxygen atoms in total. The Kier molecular flexibility index (Phi) is 5.82. The molecule has 0 saturated carbocycles. The highest BCUT2D eigenvalue weighted by Gasteiger charge is 2.36. The van der Waals surface area contributed by atoms with Crippen LogP contribution < -0.4 is 10.4 Å². The molecule has 0 fully saturated rings. The molecular formula is C39H30BNO2. The number of anilines is 3. The third kappa shape index (κ3) is 3.94. The topological polar surface area (TPSA) is 36.6 Å². The number of fused-ring (bicyclic) bond motifs is 6. The molecule has 1 aliphatic rings. The standard InChI is InChI=1S/C39H30BNO2/c1-39(2)33-15-7-6-12-29(33)30-23-22-28(24-34(30)39)41(27-20-18-26(19-21-27)25-10-4-3-5-11-25)36-17-9-14-32-31-13-8-16-35(40-42)37(31)43-38(32)36/h3-24,40,42H,1-2H3.